The number of thiophene rings is 1. The lowest BCUT2D eigenvalue weighted by atomic mass is 10.1. The molecule has 0 spiro atoms. The molecule has 0 atom stereocenters. The molecule has 3 aromatic heterocycles. The number of carbonyl (C=O) groups excluding carboxylic acids is 2. The Morgan fingerprint density at radius 1 is 1.09 bits per heavy atom. The summed E-state index contributed by atoms with van der Waals surface area (Å²) in [7, 11) is 0. The van der Waals surface area contributed by atoms with Crippen LogP contribution < -0.4 is 10.6 Å². The highest BCUT2D eigenvalue weighted by atomic mass is 32.1. The Morgan fingerprint density at radius 3 is 2.58 bits per heavy atom. The van der Waals surface area contributed by atoms with Crippen LogP contribution in [0.15, 0.2) is 54.7 Å². The van der Waals surface area contributed by atoms with Gasteiger partial charge in [-0.15, -0.1) is 11.3 Å². The van der Waals surface area contributed by atoms with Crippen LogP contribution in [0.25, 0.3) is 21.6 Å². The number of aryl methyl sites for hydroxylation is 1. The van der Waals surface area contributed by atoms with Gasteiger partial charge in [-0.25, -0.2) is 9.67 Å². The van der Waals surface area contributed by atoms with Gasteiger partial charge in [-0.2, -0.15) is 5.10 Å². The second-order valence-electron chi connectivity index (χ2n) is 8.15. The summed E-state index contributed by atoms with van der Waals surface area (Å²) in [6.45, 7) is 6.82. The first-order valence-corrected chi connectivity index (χ1v) is 11.8. The third-order valence-corrected chi connectivity index (χ3v) is 6.29. The van der Waals surface area contributed by atoms with Crippen molar-refractivity contribution in [2.45, 2.75) is 39.8 Å². The minimum Gasteiger partial charge on any atom is -0.352 e. The molecule has 0 saturated heterocycles. The predicted molar refractivity (Wildman–Crippen MR) is 131 cm³/mol. The zero-order chi connectivity index (χ0) is 23.4. The molecule has 0 aliphatic carbocycles. The first kappa shape index (κ1) is 22.7. The summed E-state index contributed by atoms with van der Waals surface area (Å²) < 4.78 is 1.83. The number of hydrogen-bond acceptors (Lipinski definition) is 5. The van der Waals surface area contributed by atoms with Gasteiger partial charge in [0.15, 0.2) is 5.65 Å². The number of nitrogens with zero attached hydrogens (tertiary/aromatic N) is 3. The van der Waals surface area contributed by atoms with Crippen LogP contribution in [0.2, 0.25) is 0 Å². The van der Waals surface area contributed by atoms with E-state index in [1.807, 2.05) is 74.0 Å². The van der Waals surface area contributed by atoms with Crippen LogP contribution in [0, 0.1) is 6.92 Å². The van der Waals surface area contributed by atoms with Gasteiger partial charge in [0, 0.05) is 30.4 Å². The number of pyridine rings is 1. The fourth-order valence-electron chi connectivity index (χ4n) is 3.55. The van der Waals surface area contributed by atoms with Gasteiger partial charge < -0.3 is 10.6 Å². The van der Waals surface area contributed by atoms with Crippen LogP contribution >= 0.6 is 11.3 Å². The molecule has 0 bridgehead atoms. The lowest BCUT2D eigenvalue weighted by molar-refractivity contribution is -0.121. The van der Waals surface area contributed by atoms with Crippen molar-refractivity contribution < 1.29 is 9.59 Å². The Bertz CT molecular complexity index is 1280. The van der Waals surface area contributed by atoms with Gasteiger partial charge in [0.25, 0.3) is 5.91 Å². The van der Waals surface area contributed by atoms with E-state index in [-0.39, 0.29) is 30.8 Å². The van der Waals surface area contributed by atoms with E-state index in [1.165, 1.54) is 4.88 Å². The summed E-state index contributed by atoms with van der Waals surface area (Å²) in [5.74, 6) is -0.350. The first-order valence-electron chi connectivity index (χ1n) is 11.0. The third kappa shape index (κ3) is 5.28. The summed E-state index contributed by atoms with van der Waals surface area (Å²) in [5.41, 5.74) is 2.97. The molecular weight excluding hydrogens is 434 g/mol. The van der Waals surface area contributed by atoms with Crippen LogP contribution in [-0.2, 0) is 11.3 Å². The second kappa shape index (κ2) is 9.95. The van der Waals surface area contributed by atoms with Crippen molar-refractivity contribution in [1.29, 1.82) is 0 Å². The summed E-state index contributed by atoms with van der Waals surface area (Å²) in [6.07, 6.45) is 1.89. The average molecular weight is 462 g/mol. The van der Waals surface area contributed by atoms with Crippen molar-refractivity contribution in [2.75, 3.05) is 6.54 Å². The average Bonchev–Trinajstić information content (AvgIpc) is 3.44. The van der Waals surface area contributed by atoms with Gasteiger partial charge in [-0.3, -0.25) is 9.59 Å². The van der Waals surface area contributed by atoms with Crippen LogP contribution in [0.5, 0.6) is 0 Å². The SMILES string of the molecule is Cc1ccc(-c2cc(C(=O)NCCC(=O)NCc3ccccc3)c3cnn(C(C)C)c3n2)s1. The van der Waals surface area contributed by atoms with E-state index >= 15 is 0 Å². The molecular formula is C25H27N5O2S. The maximum absolute atomic E-state index is 13.1. The Hall–Kier alpha value is -3.52. The van der Waals surface area contributed by atoms with Gasteiger partial charge in [0.05, 0.1) is 27.7 Å². The number of carbonyl (C=O) groups is 2. The maximum Gasteiger partial charge on any atom is 0.252 e. The van der Waals surface area contributed by atoms with E-state index < -0.39 is 0 Å². The fraction of sp³-hybridized carbons (Fsp3) is 0.280. The summed E-state index contributed by atoms with van der Waals surface area (Å²) >= 11 is 1.64. The van der Waals surface area contributed by atoms with Crippen molar-refractivity contribution in [1.82, 2.24) is 25.4 Å². The van der Waals surface area contributed by atoms with Crippen molar-refractivity contribution in [3.05, 3.63) is 70.7 Å². The largest absolute Gasteiger partial charge is 0.352 e. The molecule has 4 rings (SSSR count). The molecule has 0 saturated carbocycles. The summed E-state index contributed by atoms with van der Waals surface area (Å²) in [4.78, 5) is 32.3. The van der Waals surface area contributed by atoms with E-state index in [0.717, 1.165) is 16.1 Å². The van der Waals surface area contributed by atoms with Crippen LogP contribution in [0.1, 0.15) is 47.1 Å². The Morgan fingerprint density at radius 2 is 1.88 bits per heavy atom. The van der Waals surface area contributed by atoms with Crippen LogP contribution in [0.4, 0.5) is 0 Å². The van der Waals surface area contributed by atoms with Crippen molar-refractivity contribution >= 4 is 34.2 Å². The molecule has 170 valence electrons. The number of nitrogens with one attached hydrogen (secondary N) is 2. The predicted octanol–water partition coefficient (Wildman–Crippen LogP) is 4.49. The van der Waals surface area contributed by atoms with Gasteiger partial charge in [-0.1, -0.05) is 30.3 Å². The van der Waals surface area contributed by atoms with Crippen molar-refractivity contribution in [3.8, 4) is 10.6 Å². The molecule has 2 amide bonds. The van der Waals surface area contributed by atoms with E-state index in [2.05, 4.69) is 15.7 Å². The zero-order valence-corrected chi connectivity index (χ0v) is 19.8. The maximum atomic E-state index is 13.1. The van der Waals surface area contributed by atoms with Crippen molar-refractivity contribution in [2.24, 2.45) is 0 Å². The minimum atomic E-state index is -0.240. The molecule has 33 heavy (non-hydrogen) atoms. The van der Waals surface area contributed by atoms with Crippen molar-refractivity contribution in [3.63, 3.8) is 0 Å². The van der Waals surface area contributed by atoms with Crippen LogP contribution in [0.3, 0.4) is 0 Å². The highest BCUT2D eigenvalue weighted by Crippen LogP contribution is 2.30. The number of benzene rings is 1. The molecule has 0 fully saturated rings. The van der Waals surface area contributed by atoms with Gasteiger partial charge in [0.2, 0.25) is 5.91 Å². The fourth-order valence-corrected chi connectivity index (χ4v) is 4.38. The molecule has 7 nitrogen and oxygen atoms in total. The number of amides is 2. The van der Waals surface area contributed by atoms with E-state index in [1.54, 1.807) is 17.5 Å². The normalized spacial score (nSPS) is 11.2. The topological polar surface area (TPSA) is 88.9 Å². The second-order valence-corrected chi connectivity index (χ2v) is 9.44. The molecule has 0 radical (unpaired) electrons. The molecule has 3 heterocycles. The lowest BCUT2D eigenvalue weighted by Crippen LogP contribution is -2.30. The molecule has 0 aliphatic heterocycles. The number of hydrogen-bond donors (Lipinski definition) is 2. The van der Waals surface area contributed by atoms with Gasteiger partial charge in [0.1, 0.15) is 0 Å². The highest BCUT2D eigenvalue weighted by Gasteiger charge is 2.19. The molecule has 2 N–H and O–H groups in total. The minimum absolute atomic E-state index is 0.110. The molecule has 1 aromatic carbocycles. The van der Waals surface area contributed by atoms with Gasteiger partial charge >= 0.3 is 0 Å². The molecule has 4 aromatic rings. The molecule has 0 aliphatic rings. The summed E-state index contributed by atoms with van der Waals surface area (Å²) in [6, 6.07) is 15.7. The first-order chi connectivity index (χ1) is 15.9. The Labute approximate surface area is 196 Å². The number of aromatic nitrogens is 3. The molecule has 0 unspecified atom stereocenters. The van der Waals surface area contributed by atoms with E-state index in [4.69, 9.17) is 4.98 Å². The number of rotatable bonds is 8. The van der Waals surface area contributed by atoms with E-state index in [9.17, 15) is 9.59 Å². The lowest BCUT2D eigenvalue weighted by Gasteiger charge is -2.11. The number of fused-ring (bicyclic) bond motifs is 1. The standard InChI is InChI=1S/C25H27N5O2S/c1-16(2)30-24-20(15-28-30)19(13-21(29-24)22-10-9-17(3)33-22)25(32)26-12-11-23(31)27-14-18-7-5-4-6-8-18/h4-10,13,15-16H,11-12,14H2,1-3H3,(H,26,32)(H,27,31). The van der Waals surface area contributed by atoms with Crippen LogP contribution in [-0.4, -0.2) is 33.1 Å². The third-order valence-electron chi connectivity index (χ3n) is 5.26. The van der Waals surface area contributed by atoms with E-state index in [0.29, 0.717) is 23.1 Å². The molecule has 8 heteroatoms. The Kier molecular flexibility index (Phi) is 6.84. The Balaban J connectivity index is 1.48. The van der Waals surface area contributed by atoms with Gasteiger partial charge in [-0.05, 0) is 44.5 Å². The quantitative estimate of drug-likeness (QED) is 0.405. The zero-order valence-electron chi connectivity index (χ0n) is 19.0. The smallest absolute Gasteiger partial charge is 0.252 e. The monoisotopic (exact) mass is 461 g/mol. The highest BCUT2D eigenvalue weighted by molar-refractivity contribution is 7.15. The summed E-state index contributed by atoms with van der Waals surface area (Å²) in [5, 5.41) is 10.9.